The van der Waals surface area contributed by atoms with Crippen LogP contribution in [0.3, 0.4) is 0 Å². The Kier molecular flexibility index (Phi) is 1.72. The average Bonchev–Trinajstić information content (AvgIpc) is 2.98. The largest absolute Gasteiger partial charge is 0.365 e. The van der Waals surface area contributed by atoms with Crippen LogP contribution in [0.1, 0.15) is 32.6 Å². The zero-order chi connectivity index (χ0) is 8.89. The minimum atomic E-state index is 0.299. The molecule has 2 heteroatoms. The third-order valence-electron chi connectivity index (χ3n) is 3.92. The molecule has 74 valence electrons. The van der Waals surface area contributed by atoms with Crippen molar-refractivity contribution in [2.24, 2.45) is 5.92 Å². The first-order chi connectivity index (χ1) is 6.32. The third-order valence-corrected chi connectivity index (χ3v) is 3.92. The molecule has 2 saturated heterocycles. The van der Waals surface area contributed by atoms with Gasteiger partial charge in [-0.3, -0.25) is 4.90 Å². The first-order valence-electron chi connectivity index (χ1n) is 5.72. The molecule has 2 aliphatic heterocycles. The Bertz CT molecular complexity index is 214. The highest BCUT2D eigenvalue weighted by Gasteiger charge is 2.57. The van der Waals surface area contributed by atoms with Gasteiger partial charge in [0.2, 0.25) is 0 Å². The van der Waals surface area contributed by atoms with Gasteiger partial charge in [-0.1, -0.05) is 6.92 Å². The smallest absolute Gasteiger partial charge is 0.107 e. The molecule has 1 saturated carbocycles. The molecule has 13 heavy (non-hydrogen) atoms. The molecule has 0 amide bonds. The Morgan fingerprint density at radius 3 is 2.92 bits per heavy atom. The number of hydrogen-bond acceptors (Lipinski definition) is 2. The third kappa shape index (κ3) is 1.40. The van der Waals surface area contributed by atoms with Crippen molar-refractivity contribution in [3.63, 3.8) is 0 Å². The van der Waals surface area contributed by atoms with Crippen molar-refractivity contribution >= 4 is 0 Å². The number of nitrogens with zero attached hydrogens (tertiary/aromatic N) is 1. The Labute approximate surface area is 80.2 Å². The molecule has 2 heterocycles. The lowest BCUT2D eigenvalue weighted by atomic mass is 9.95. The number of rotatable bonds is 3. The zero-order valence-electron chi connectivity index (χ0n) is 8.46. The summed E-state index contributed by atoms with van der Waals surface area (Å²) in [6, 6.07) is 0. The van der Waals surface area contributed by atoms with Gasteiger partial charge in [-0.05, 0) is 31.6 Å². The summed E-state index contributed by atoms with van der Waals surface area (Å²) in [7, 11) is 0. The van der Waals surface area contributed by atoms with Gasteiger partial charge in [-0.25, -0.2) is 0 Å². The van der Waals surface area contributed by atoms with Crippen LogP contribution in [0, 0.1) is 5.92 Å². The lowest BCUT2D eigenvalue weighted by Crippen LogP contribution is -2.42. The van der Waals surface area contributed by atoms with E-state index in [2.05, 4.69) is 11.8 Å². The van der Waals surface area contributed by atoms with E-state index in [4.69, 9.17) is 4.74 Å². The quantitative estimate of drug-likeness (QED) is 0.615. The fourth-order valence-corrected chi connectivity index (χ4v) is 2.71. The monoisotopic (exact) mass is 181 g/mol. The van der Waals surface area contributed by atoms with Gasteiger partial charge in [-0.2, -0.15) is 0 Å². The summed E-state index contributed by atoms with van der Waals surface area (Å²) in [5, 5.41) is 0. The molecule has 0 aromatic rings. The zero-order valence-corrected chi connectivity index (χ0v) is 8.46. The highest BCUT2D eigenvalue weighted by molar-refractivity contribution is 5.07. The molecule has 2 nitrogen and oxygen atoms in total. The van der Waals surface area contributed by atoms with Crippen LogP contribution in [0.15, 0.2) is 0 Å². The van der Waals surface area contributed by atoms with Crippen LogP contribution in [0.25, 0.3) is 0 Å². The number of likely N-dealkylation sites (tertiary alicyclic amines) is 1. The van der Waals surface area contributed by atoms with Crippen LogP contribution in [0.2, 0.25) is 0 Å². The van der Waals surface area contributed by atoms with Crippen LogP contribution in [0.5, 0.6) is 0 Å². The normalized spacial score (nSPS) is 44.5. The number of ether oxygens (including phenoxy) is 1. The molecule has 0 bridgehead atoms. The number of piperidine rings is 1. The predicted octanol–water partition coefficient (Wildman–Crippen LogP) is 1.65. The van der Waals surface area contributed by atoms with Gasteiger partial charge >= 0.3 is 0 Å². The van der Waals surface area contributed by atoms with Gasteiger partial charge in [0.25, 0.3) is 0 Å². The van der Waals surface area contributed by atoms with Crippen molar-refractivity contribution in [1.82, 2.24) is 4.90 Å². The first-order valence-corrected chi connectivity index (χ1v) is 5.72. The van der Waals surface area contributed by atoms with E-state index < -0.39 is 0 Å². The molecule has 0 aromatic carbocycles. The molecule has 3 fully saturated rings. The number of fused-ring (bicyclic) bond motifs is 1. The van der Waals surface area contributed by atoms with Gasteiger partial charge in [0.05, 0.1) is 6.10 Å². The Morgan fingerprint density at radius 1 is 1.38 bits per heavy atom. The molecular formula is C11H19NO. The van der Waals surface area contributed by atoms with E-state index >= 15 is 0 Å². The van der Waals surface area contributed by atoms with E-state index in [-0.39, 0.29) is 0 Å². The number of hydrogen-bond donors (Lipinski definition) is 0. The van der Waals surface area contributed by atoms with E-state index in [1.165, 1.54) is 45.3 Å². The van der Waals surface area contributed by atoms with Crippen molar-refractivity contribution in [1.29, 1.82) is 0 Å². The summed E-state index contributed by atoms with van der Waals surface area (Å²) in [6.07, 6.45) is 6.05. The van der Waals surface area contributed by atoms with Crippen LogP contribution in [0.4, 0.5) is 0 Å². The maximum absolute atomic E-state index is 5.81. The van der Waals surface area contributed by atoms with Crippen molar-refractivity contribution in [2.75, 3.05) is 19.6 Å². The van der Waals surface area contributed by atoms with Crippen molar-refractivity contribution < 1.29 is 4.74 Å². The van der Waals surface area contributed by atoms with E-state index in [1.54, 1.807) is 0 Å². The van der Waals surface area contributed by atoms with Gasteiger partial charge in [0.15, 0.2) is 0 Å². The Balaban J connectivity index is 1.59. The molecule has 0 N–H and O–H groups in total. The maximum Gasteiger partial charge on any atom is 0.107 e. The second-order valence-corrected chi connectivity index (χ2v) is 4.99. The van der Waals surface area contributed by atoms with E-state index in [0.717, 1.165) is 5.92 Å². The van der Waals surface area contributed by atoms with Gasteiger partial charge in [0, 0.05) is 19.6 Å². The van der Waals surface area contributed by atoms with E-state index in [9.17, 15) is 0 Å². The standard InChI is InChI=1S/C11H19NO/c1-2-11-8-12(7-9-3-4-9)6-5-10(11)13-11/h9-10H,2-8H2,1H3/t10-,11-/m1/s1. The summed E-state index contributed by atoms with van der Waals surface area (Å²) in [6.45, 7) is 6.10. The van der Waals surface area contributed by atoms with Crippen LogP contribution < -0.4 is 0 Å². The van der Waals surface area contributed by atoms with E-state index in [0.29, 0.717) is 11.7 Å². The van der Waals surface area contributed by atoms with Gasteiger partial charge in [0.1, 0.15) is 5.60 Å². The van der Waals surface area contributed by atoms with Gasteiger partial charge in [-0.15, -0.1) is 0 Å². The predicted molar refractivity (Wildman–Crippen MR) is 51.7 cm³/mol. The second kappa shape index (κ2) is 2.71. The van der Waals surface area contributed by atoms with Crippen LogP contribution >= 0.6 is 0 Å². The highest BCUT2D eigenvalue weighted by Crippen LogP contribution is 2.46. The van der Waals surface area contributed by atoms with Crippen molar-refractivity contribution in [3.05, 3.63) is 0 Å². The van der Waals surface area contributed by atoms with Crippen molar-refractivity contribution in [2.45, 2.75) is 44.3 Å². The van der Waals surface area contributed by atoms with Crippen LogP contribution in [-0.4, -0.2) is 36.2 Å². The first kappa shape index (κ1) is 8.25. The summed E-state index contributed by atoms with van der Waals surface area (Å²) >= 11 is 0. The Morgan fingerprint density at radius 2 is 2.23 bits per heavy atom. The molecular weight excluding hydrogens is 162 g/mol. The fourth-order valence-electron chi connectivity index (χ4n) is 2.71. The summed E-state index contributed by atoms with van der Waals surface area (Å²) in [5.41, 5.74) is 0.299. The molecule has 0 aromatic heterocycles. The molecule has 3 rings (SSSR count). The minimum Gasteiger partial charge on any atom is -0.365 e. The van der Waals surface area contributed by atoms with Gasteiger partial charge < -0.3 is 4.74 Å². The fraction of sp³-hybridized carbons (Fsp3) is 1.00. The maximum atomic E-state index is 5.81. The molecule has 0 spiro atoms. The topological polar surface area (TPSA) is 15.8 Å². The summed E-state index contributed by atoms with van der Waals surface area (Å²) < 4.78 is 5.81. The summed E-state index contributed by atoms with van der Waals surface area (Å²) in [5.74, 6) is 1.03. The molecule has 1 aliphatic carbocycles. The lowest BCUT2D eigenvalue weighted by molar-refractivity contribution is 0.179. The van der Waals surface area contributed by atoms with E-state index in [1.807, 2.05) is 0 Å². The molecule has 3 aliphatic rings. The highest BCUT2D eigenvalue weighted by atomic mass is 16.6. The average molecular weight is 181 g/mol. The lowest BCUT2D eigenvalue weighted by Gasteiger charge is -2.29. The minimum absolute atomic E-state index is 0.299. The molecule has 0 unspecified atom stereocenters. The SMILES string of the molecule is CC[C@@]12CN(CC3CC3)CC[C@H]1O2. The second-order valence-electron chi connectivity index (χ2n) is 4.99. The number of epoxide rings is 1. The summed E-state index contributed by atoms with van der Waals surface area (Å²) in [4.78, 5) is 2.63. The van der Waals surface area contributed by atoms with Crippen molar-refractivity contribution in [3.8, 4) is 0 Å². The van der Waals surface area contributed by atoms with Crippen LogP contribution in [-0.2, 0) is 4.74 Å². The molecule has 0 radical (unpaired) electrons. The Hall–Kier alpha value is -0.0800. The molecule has 2 atom stereocenters.